The van der Waals surface area contributed by atoms with Crippen LogP contribution in [0.25, 0.3) is 11.1 Å². The van der Waals surface area contributed by atoms with Gasteiger partial charge >= 0.3 is 6.03 Å². The Morgan fingerprint density at radius 2 is 1.59 bits per heavy atom. The van der Waals surface area contributed by atoms with E-state index in [9.17, 15) is 13.2 Å². The number of urea groups is 1. The number of sulfone groups is 1. The maximum atomic E-state index is 13.1. The van der Waals surface area contributed by atoms with Crippen molar-refractivity contribution in [2.45, 2.75) is 36.3 Å². The SMILES string of the molecule is CCc1ccc(NC(=O)N2CCC(S(=O)(=O)c3ccc(-c4cncnc4)cc3)CC2)cc1. The Hall–Kier alpha value is -3.26. The van der Waals surface area contributed by atoms with E-state index >= 15 is 0 Å². The summed E-state index contributed by atoms with van der Waals surface area (Å²) in [6.07, 6.45) is 6.61. The van der Waals surface area contributed by atoms with Crippen LogP contribution in [0.2, 0.25) is 0 Å². The lowest BCUT2D eigenvalue weighted by molar-refractivity contribution is 0.200. The Balaban J connectivity index is 1.37. The van der Waals surface area contributed by atoms with Crippen molar-refractivity contribution in [2.24, 2.45) is 0 Å². The highest BCUT2D eigenvalue weighted by Gasteiger charge is 2.32. The minimum Gasteiger partial charge on any atom is -0.324 e. The molecule has 8 heteroatoms. The molecule has 1 saturated heterocycles. The Morgan fingerprint density at radius 3 is 2.19 bits per heavy atom. The lowest BCUT2D eigenvalue weighted by Gasteiger charge is -2.31. The lowest BCUT2D eigenvalue weighted by atomic mass is 10.1. The molecular weight excluding hydrogens is 424 g/mol. The van der Waals surface area contributed by atoms with Gasteiger partial charge < -0.3 is 10.2 Å². The van der Waals surface area contributed by atoms with Crippen molar-refractivity contribution >= 4 is 21.6 Å². The highest BCUT2D eigenvalue weighted by molar-refractivity contribution is 7.92. The summed E-state index contributed by atoms with van der Waals surface area (Å²) in [6, 6.07) is 14.4. The van der Waals surface area contributed by atoms with Gasteiger partial charge in [-0.1, -0.05) is 31.2 Å². The van der Waals surface area contributed by atoms with Gasteiger partial charge in [0.15, 0.2) is 9.84 Å². The van der Waals surface area contributed by atoms with Crippen molar-refractivity contribution in [3.8, 4) is 11.1 Å². The van der Waals surface area contributed by atoms with E-state index in [-0.39, 0.29) is 6.03 Å². The van der Waals surface area contributed by atoms with Crippen LogP contribution in [-0.2, 0) is 16.3 Å². The van der Waals surface area contributed by atoms with E-state index in [1.165, 1.54) is 11.9 Å². The van der Waals surface area contributed by atoms with Gasteiger partial charge in [-0.05, 0) is 54.7 Å². The summed E-state index contributed by atoms with van der Waals surface area (Å²) < 4.78 is 26.2. The fourth-order valence-electron chi connectivity index (χ4n) is 3.87. The molecule has 3 aromatic rings. The number of amides is 2. The third-order valence-electron chi connectivity index (χ3n) is 5.86. The van der Waals surface area contributed by atoms with Crippen LogP contribution in [-0.4, -0.2) is 47.7 Å². The fraction of sp³-hybridized carbons (Fsp3) is 0.292. The molecule has 0 atom stereocenters. The highest BCUT2D eigenvalue weighted by atomic mass is 32.2. The molecular formula is C24H26N4O3S. The monoisotopic (exact) mass is 450 g/mol. The van der Waals surface area contributed by atoms with Gasteiger partial charge in [-0.15, -0.1) is 0 Å². The molecule has 0 saturated carbocycles. The third kappa shape index (κ3) is 4.80. The number of benzene rings is 2. The van der Waals surface area contributed by atoms with Crippen LogP contribution < -0.4 is 5.32 Å². The van der Waals surface area contributed by atoms with Gasteiger partial charge in [0.25, 0.3) is 0 Å². The molecule has 32 heavy (non-hydrogen) atoms. The first kappa shape index (κ1) is 22.0. The summed E-state index contributed by atoms with van der Waals surface area (Å²) in [6.45, 7) is 2.89. The summed E-state index contributed by atoms with van der Waals surface area (Å²) in [7, 11) is -3.47. The third-order valence-corrected chi connectivity index (χ3v) is 8.14. The van der Waals surface area contributed by atoms with Crippen molar-refractivity contribution in [1.82, 2.24) is 14.9 Å². The van der Waals surface area contributed by atoms with Gasteiger partial charge in [-0.3, -0.25) is 0 Å². The van der Waals surface area contributed by atoms with Crippen LogP contribution >= 0.6 is 0 Å². The number of rotatable bonds is 5. The summed E-state index contributed by atoms with van der Waals surface area (Å²) >= 11 is 0. The topological polar surface area (TPSA) is 92.3 Å². The van der Waals surface area contributed by atoms with Crippen molar-refractivity contribution < 1.29 is 13.2 Å². The molecule has 7 nitrogen and oxygen atoms in total. The van der Waals surface area contributed by atoms with Gasteiger partial charge in [0.05, 0.1) is 10.1 Å². The molecule has 1 aliphatic rings. The number of carbonyl (C=O) groups excluding carboxylic acids is 1. The van der Waals surface area contributed by atoms with E-state index in [1.807, 2.05) is 24.3 Å². The number of aryl methyl sites for hydroxylation is 1. The number of carbonyl (C=O) groups is 1. The first-order valence-corrected chi connectivity index (χ1v) is 12.3. The summed E-state index contributed by atoms with van der Waals surface area (Å²) in [5.41, 5.74) is 3.65. The predicted octanol–water partition coefficient (Wildman–Crippen LogP) is 4.18. The zero-order valence-electron chi connectivity index (χ0n) is 17.9. The molecule has 1 aliphatic heterocycles. The first-order valence-electron chi connectivity index (χ1n) is 10.7. The second-order valence-electron chi connectivity index (χ2n) is 7.86. The quantitative estimate of drug-likeness (QED) is 0.630. The fourth-order valence-corrected chi connectivity index (χ4v) is 5.60. The normalized spacial score (nSPS) is 14.8. The van der Waals surface area contributed by atoms with Gasteiger partial charge in [0.1, 0.15) is 6.33 Å². The predicted molar refractivity (Wildman–Crippen MR) is 124 cm³/mol. The van der Waals surface area contributed by atoms with E-state index < -0.39 is 15.1 Å². The Kier molecular flexibility index (Phi) is 6.50. The minimum atomic E-state index is -3.47. The molecule has 0 unspecified atom stereocenters. The molecule has 1 aromatic heterocycles. The van der Waals surface area contributed by atoms with E-state index in [4.69, 9.17) is 0 Å². The van der Waals surface area contributed by atoms with Crippen LogP contribution in [0.4, 0.5) is 10.5 Å². The number of likely N-dealkylation sites (tertiary alicyclic amines) is 1. The van der Waals surface area contributed by atoms with Gasteiger partial charge in [-0.2, -0.15) is 0 Å². The molecule has 1 fully saturated rings. The van der Waals surface area contributed by atoms with Gasteiger partial charge in [0.2, 0.25) is 0 Å². The van der Waals surface area contributed by atoms with Gasteiger partial charge in [0, 0.05) is 36.7 Å². The van der Waals surface area contributed by atoms with E-state index in [2.05, 4.69) is 22.2 Å². The number of anilines is 1. The van der Waals surface area contributed by atoms with Crippen LogP contribution in [0.3, 0.4) is 0 Å². The zero-order valence-corrected chi connectivity index (χ0v) is 18.8. The maximum absolute atomic E-state index is 13.1. The number of aromatic nitrogens is 2. The van der Waals surface area contributed by atoms with Crippen LogP contribution in [0, 0.1) is 0 Å². The van der Waals surface area contributed by atoms with Gasteiger partial charge in [-0.25, -0.2) is 23.2 Å². The molecule has 166 valence electrons. The van der Waals surface area contributed by atoms with Crippen molar-refractivity contribution in [1.29, 1.82) is 0 Å². The van der Waals surface area contributed by atoms with Crippen molar-refractivity contribution in [2.75, 3.05) is 18.4 Å². The van der Waals surface area contributed by atoms with Crippen molar-refractivity contribution in [3.63, 3.8) is 0 Å². The maximum Gasteiger partial charge on any atom is 0.321 e. The number of nitrogens with zero attached hydrogens (tertiary/aromatic N) is 3. The number of nitrogens with one attached hydrogen (secondary N) is 1. The summed E-state index contributed by atoms with van der Waals surface area (Å²) in [5, 5.41) is 2.40. The average molecular weight is 451 g/mol. The largest absolute Gasteiger partial charge is 0.324 e. The second kappa shape index (κ2) is 9.48. The van der Waals surface area contributed by atoms with E-state index in [1.54, 1.807) is 41.6 Å². The number of hydrogen-bond donors (Lipinski definition) is 1. The number of hydrogen-bond acceptors (Lipinski definition) is 5. The summed E-state index contributed by atoms with van der Waals surface area (Å²) in [4.78, 5) is 22.5. The van der Waals surface area contributed by atoms with Crippen LogP contribution in [0.5, 0.6) is 0 Å². The van der Waals surface area contributed by atoms with E-state index in [0.29, 0.717) is 30.8 Å². The van der Waals surface area contributed by atoms with E-state index in [0.717, 1.165) is 23.2 Å². The van der Waals surface area contributed by atoms with Crippen LogP contribution in [0.1, 0.15) is 25.3 Å². The summed E-state index contributed by atoms with van der Waals surface area (Å²) in [5.74, 6) is 0. The molecule has 0 bridgehead atoms. The first-order chi connectivity index (χ1) is 15.5. The molecule has 0 radical (unpaired) electrons. The minimum absolute atomic E-state index is 0.195. The molecule has 2 heterocycles. The Morgan fingerprint density at radius 1 is 0.969 bits per heavy atom. The Labute approximate surface area is 188 Å². The molecule has 2 aromatic carbocycles. The average Bonchev–Trinajstić information content (AvgIpc) is 2.85. The smallest absolute Gasteiger partial charge is 0.321 e. The molecule has 0 spiro atoms. The number of piperidine rings is 1. The molecule has 4 rings (SSSR count). The molecule has 0 aliphatic carbocycles. The standard InChI is InChI=1S/C24H26N4O3S/c1-2-18-3-7-21(8-4-18)27-24(29)28-13-11-23(12-14-28)32(30,31)22-9-5-19(6-10-22)20-15-25-17-26-16-20/h3-10,15-17,23H,2,11-14H2,1H3,(H,27,29). The second-order valence-corrected chi connectivity index (χ2v) is 10.1. The molecule has 1 N–H and O–H groups in total. The zero-order chi connectivity index (χ0) is 22.6. The lowest BCUT2D eigenvalue weighted by Crippen LogP contribution is -2.44. The highest BCUT2D eigenvalue weighted by Crippen LogP contribution is 2.27. The molecule has 2 amide bonds. The van der Waals surface area contributed by atoms with Crippen molar-refractivity contribution in [3.05, 3.63) is 72.8 Å². The van der Waals surface area contributed by atoms with Crippen LogP contribution in [0.15, 0.2) is 72.1 Å². The Bertz CT molecular complexity index is 1160.